The van der Waals surface area contributed by atoms with Gasteiger partial charge in [0.15, 0.2) is 12.0 Å². The minimum absolute atomic E-state index is 0.00800. The molecule has 5 heteroatoms. The summed E-state index contributed by atoms with van der Waals surface area (Å²) in [5.74, 6) is 0.0822. The van der Waals surface area contributed by atoms with Gasteiger partial charge in [-0.2, -0.15) is 0 Å². The predicted octanol–water partition coefficient (Wildman–Crippen LogP) is 5.11. The van der Waals surface area contributed by atoms with Crippen molar-refractivity contribution >= 4 is 17.6 Å². The number of allylic oxidation sites excluding steroid dienone is 1. The van der Waals surface area contributed by atoms with Crippen molar-refractivity contribution in [2.45, 2.75) is 58.2 Å². The van der Waals surface area contributed by atoms with Crippen molar-refractivity contribution in [1.29, 1.82) is 0 Å². The first-order valence-corrected chi connectivity index (χ1v) is 10.4. The Balaban J connectivity index is 1.64. The van der Waals surface area contributed by atoms with Crippen LogP contribution < -0.4 is 4.74 Å². The number of hydrogen-bond acceptors (Lipinski definition) is 4. The fourth-order valence-corrected chi connectivity index (χ4v) is 4.05. The normalized spacial score (nSPS) is 25.0. The van der Waals surface area contributed by atoms with Crippen LogP contribution in [0.25, 0.3) is 0 Å². The first-order valence-electron chi connectivity index (χ1n) is 10.00. The topological polar surface area (TPSA) is 44.8 Å². The van der Waals surface area contributed by atoms with E-state index < -0.39 is 0 Å². The van der Waals surface area contributed by atoms with E-state index in [1.54, 1.807) is 0 Å². The van der Waals surface area contributed by atoms with Gasteiger partial charge in [-0.3, -0.25) is 4.79 Å². The van der Waals surface area contributed by atoms with Gasteiger partial charge in [0.25, 0.3) is 0 Å². The maximum absolute atomic E-state index is 12.6. The third-order valence-corrected chi connectivity index (χ3v) is 5.84. The standard InChI is InChI=1S/C22H29ClO4/c1-3-5-7-8-15-10-11-16-12-18(22(24)27-21(16)20(15)23)17-13-25-19(26-14-17)9-6-4-2/h4,10-11,17-19H,2-3,5-9,12-14H2,1H3. The van der Waals surface area contributed by atoms with Crippen molar-refractivity contribution in [1.82, 2.24) is 0 Å². The summed E-state index contributed by atoms with van der Waals surface area (Å²) in [6, 6.07) is 4.13. The zero-order valence-corrected chi connectivity index (χ0v) is 16.8. The van der Waals surface area contributed by atoms with Gasteiger partial charge in [-0.1, -0.05) is 49.6 Å². The fourth-order valence-electron chi connectivity index (χ4n) is 3.73. The maximum Gasteiger partial charge on any atom is 0.315 e. The summed E-state index contributed by atoms with van der Waals surface area (Å²) < 4.78 is 17.2. The number of carbonyl (C=O) groups is 1. The second kappa shape index (κ2) is 9.72. The van der Waals surface area contributed by atoms with E-state index in [0.717, 1.165) is 36.8 Å². The van der Waals surface area contributed by atoms with Crippen LogP contribution in [-0.4, -0.2) is 25.5 Å². The van der Waals surface area contributed by atoms with E-state index in [0.29, 0.717) is 30.4 Å². The molecule has 4 nitrogen and oxygen atoms in total. The van der Waals surface area contributed by atoms with Gasteiger partial charge in [0.1, 0.15) is 0 Å². The maximum atomic E-state index is 12.6. The first kappa shape index (κ1) is 20.4. The number of ether oxygens (including phenoxy) is 3. The van der Waals surface area contributed by atoms with Crippen LogP contribution in [-0.2, 0) is 27.1 Å². The molecule has 0 amide bonds. The SMILES string of the molecule is C=CCCC1OCC(C2Cc3ccc(CCCCC)c(Cl)c3OC2=O)CO1. The highest BCUT2D eigenvalue weighted by Crippen LogP contribution is 2.40. The molecule has 27 heavy (non-hydrogen) atoms. The van der Waals surface area contributed by atoms with Crippen LogP contribution in [0.4, 0.5) is 0 Å². The monoisotopic (exact) mass is 392 g/mol. The van der Waals surface area contributed by atoms with E-state index in [-0.39, 0.29) is 24.1 Å². The van der Waals surface area contributed by atoms with Crippen LogP contribution in [0.15, 0.2) is 24.8 Å². The minimum Gasteiger partial charge on any atom is -0.424 e. The van der Waals surface area contributed by atoms with Crippen LogP contribution >= 0.6 is 11.6 Å². The van der Waals surface area contributed by atoms with Crippen molar-refractivity contribution in [2.24, 2.45) is 11.8 Å². The molecule has 148 valence electrons. The second-order valence-electron chi connectivity index (χ2n) is 7.44. The van der Waals surface area contributed by atoms with Crippen LogP contribution in [0.2, 0.25) is 5.02 Å². The Labute approximate surface area is 166 Å². The fraction of sp³-hybridized carbons (Fsp3) is 0.591. The van der Waals surface area contributed by atoms with Crippen molar-refractivity contribution in [2.75, 3.05) is 13.2 Å². The summed E-state index contributed by atoms with van der Waals surface area (Å²) in [5, 5.41) is 0.594. The number of benzene rings is 1. The molecule has 0 bridgehead atoms. The number of rotatable bonds is 8. The lowest BCUT2D eigenvalue weighted by atomic mass is 9.85. The van der Waals surface area contributed by atoms with Gasteiger partial charge in [-0.05, 0) is 36.8 Å². The highest BCUT2D eigenvalue weighted by atomic mass is 35.5. The van der Waals surface area contributed by atoms with Crippen molar-refractivity contribution in [3.8, 4) is 5.75 Å². The molecule has 0 saturated carbocycles. The lowest BCUT2D eigenvalue weighted by Gasteiger charge is -2.35. The zero-order chi connectivity index (χ0) is 19.2. The molecule has 2 aliphatic heterocycles. The van der Waals surface area contributed by atoms with Gasteiger partial charge in [0, 0.05) is 12.3 Å². The first-order chi connectivity index (χ1) is 13.1. The van der Waals surface area contributed by atoms with E-state index in [1.165, 1.54) is 12.8 Å². The van der Waals surface area contributed by atoms with Gasteiger partial charge in [-0.15, -0.1) is 6.58 Å². The molecule has 2 aliphatic rings. The molecule has 0 radical (unpaired) electrons. The Bertz CT molecular complexity index is 665. The molecule has 1 aromatic rings. The van der Waals surface area contributed by atoms with Gasteiger partial charge in [0.05, 0.1) is 24.2 Å². The molecule has 0 aliphatic carbocycles. The third-order valence-electron chi connectivity index (χ3n) is 5.42. The quantitative estimate of drug-likeness (QED) is 0.267. The highest BCUT2D eigenvalue weighted by molar-refractivity contribution is 6.33. The van der Waals surface area contributed by atoms with Gasteiger partial charge >= 0.3 is 5.97 Å². The number of fused-ring (bicyclic) bond motifs is 1. The third kappa shape index (κ3) is 4.92. The average molecular weight is 393 g/mol. The van der Waals surface area contributed by atoms with E-state index in [2.05, 4.69) is 25.6 Å². The number of carbonyl (C=O) groups excluding carboxylic acids is 1. The highest BCUT2D eigenvalue weighted by Gasteiger charge is 2.38. The Hall–Kier alpha value is -1.36. The summed E-state index contributed by atoms with van der Waals surface area (Å²) >= 11 is 6.54. The summed E-state index contributed by atoms with van der Waals surface area (Å²) in [5.41, 5.74) is 2.06. The minimum atomic E-state index is -0.250. The molecule has 1 aromatic carbocycles. The number of aryl methyl sites for hydroxylation is 1. The molecule has 2 heterocycles. The van der Waals surface area contributed by atoms with E-state index in [1.807, 2.05) is 6.08 Å². The molecular formula is C22H29ClO4. The second-order valence-corrected chi connectivity index (χ2v) is 7.82. The predicted molar refractivity (Wildman–Crippen MR) is 106 cm³/mol. The molecule has 3 rings (SSSR count). The van der Waals surface area contributed by atoms with Crippen LogP contribution in [0.5, 0.6) is 5.75 Å². The average Bonchev–Trinajstić information content (AvgIpc) is 2.69. The summed E-state index contributed by atoms with van der Waals surface area (Å²) in [6.45, 7) is 6.92. The molecule has 1 saturated heterocycles. The smallest absolute Gasteiger partial charge is 0.315 e. The molecule has 0 N–H and O–H groups in total. The van der Waals surface area contributed by atoms with Crippen LogP contribution in [0.3, 0.4) is 0 Å². The lowest BCUT2D eigenvalue weighted by Crippen LogP contribution is -2.42. The Morgan fingerprint density at radius 2 is 2.04 bits per heavy atom. The zero-order valence-electron chi connectivity index (χ0n) is 16.0. The van der Waals surface area contributed by atoms with Crippen molar-refractivity contribution < 1.29 is 19.0 Å². The van der Waals surface area contributed by atoms with E-state index in [9.17, 15) is 4.79 Å². The molecular weight excluding hydrogens is 364 g/mol. The summed E-state index contributed by atoms with van der Waals surface area (Å²) in [7, 11) is 0. The Morgan fingerprint density at radius 1 is 1.26 bits per heavy atom. The van der Waals surface area contributed by atoms with Gasteiger partial charge in [0.2, 0.25) is 0 Å². The number of esters is 1. The molecule has 1 atom stereocenters. The van der Waals surface area contributed by atoms with Crippen molar-refractivity contribution in [3.63, 3.8) is 0 Å². The van der Waals surface area contributed by atoms with Crippen molar-refractivity contribution in [3.05, 3.63) is 40.9 Å². The molecule has 1 unspecified atom stereocenters. The number of hydrogen-bond donors (Lipinski definition) is 0. The molecule has 0 aromatic heterocycles. The summed E-state index contributed by atoms with van der Waals surface area (Å²) in [4.78, 5) is 12.6. The number of unbranched alkanes of at least 4 members (excludes halogenated alkanes) is 2. The van der Waals surface area contributed by atoms with E-state index >= 15 is 0 Å². The van der Waals surface area contributed by atoms with Gasteiger partial charge in [-0.25, -0.2) is 0 Å². The Morgan fingerprint density at radius 3 is 2.74 bits per heavy atom. The lowest BCUT2D eigenvalue weighted by molar-refractivity contribution is -0.212. The largest absolute Gasteiger partial charge is 0.424 e. The summed E-state index contributed by atoms with van der Waals surface area (Å²) in [6.07, 6.45) is 8.27. The molecule has 0 spiro atoms. The molecule has 1 fully saturated rings. The van der Waals surface area contributed by atoms with Crippen LogP contribution in [0.1, 0.15) is 50.2 Å². The van der Waals surface area contributed by atoms with Gasteiger partial charge < -0.3 is 14.2 Å². The van der Waals surface area contributed by atoms with E-state index in [4.69, 9.17) is 25.8 Å². The Kier molecular flexibility index (Phi) is 7.33. The number of halogens is 1. The van der Waals surface area contributed by atoms with Crippen LogP contribution in [0, 0.1) is 11.8 Å².